The van der Waals surface area contributed by atoms with Crippen LogP contribution in [0.5, 0.6) is 0 Å². The zero-order chi connectivity index (χ0) is 13.8. The molecule has 0 saturated carbocycles. The number of aliphatic hydroxyl groups excluding tert-OH is 1. The number of carbonyl (C=O) groups is 1. The Balaban J connectivity index is 2.20. The van der Waals surface area contributed by atoms with Crippen LogP contribution >= 0.6 is 11.6 Å². The first-order chi connectivity index (χ1) is 9.11. The molecule has 1 unspecified atom stereocenters. The number of rotatable bonds is 3. The minimum atomic E-state index is 0.0313. The zero-order valence-electron chi connectivity index (χ0n) is 11.2. The molecule has 1 heterocycles. The van der Waals surface area contributed by atoms with Crippen molar-refractivity contribution in [3.63, 3.8) is 0 Å². The second kappa shape index (κ2) is 6.40. The standard InChI is InChI=1S/C15H20ClNO2/c1-11-8-12(10-13(16)9-11)15(19)17-6-3-2-4-14(17)5-7-18/h8-10,14,18H,2-7H2,1H3. The number of hydrogen-bond acceptors (Lipinski definition) is 2. The minimum Gasteiger partial charge on any atom is -0.396 e. The second-order valence-corrected chi connectivity index (χ2v) is 5.61. The van der Waals surface area contributed by atoms with Gasteiger partial charge in [0.2, 0.25) is 0 Å². The topological polar surface area (TPSA) is 40.5 Å². The largest absolute Gasteiger partial charge is 0.396 e. The average Bonchev–Trinajstić information content (AvgIpc) is 2.38. The lowest BCUT2D eigenvalue weighted by molar-refractivity contribution is 0.0574. The number of likely N-dealkylation sites (tertiary alicyclic amines) is 1. The van der Waals surface area contributed by atoms with Gasteiger partial charge >= 0.3 is 0 Å². The molecule has 2 rings (SSSR count). The van der Waals surface area contributed by atoms with Crippen LogP contribution in [-0.4, -0.2) is 35.1 Å². The van der Waals surface area contributed by atoms with Crippen molar-refractivity contribution in [2.75, 3.05) is 13.2 Å². The van der Waals surface area contributed by atoms with E-state index in [4.69, 9.17) is 16.7 Å². The first-order valence-corrected chi connectivity index (χ1v) is 7.18. The SMILES string of the molecule is Cc1cc(Cl)cc(C(=O)N2CCCCC2CCO)c1. The molecular formula is C15H20ClNO2. The molecule has 1 fully saturated rings. The predicted octanol–water partition coefficient (Wildman–Crippen LogP) is 3.03. The Bertz CT molecular complexity index is 439. The number of aryl methyl sites for hydroxylation is 1. The van der Waals surface area contributed by atoms with Gasteiger partial charge in [-0.1, -0.05) is 11.6 Å². The molecule has 0 aromatic heterocycles. The van der Waals surface area contributed by atoms with Crippen LogP contribution in [0.15, 0.2) is 18.2 Å². The van der Waals surface area contributed by atoms with E-state index in [2.05, 4.69) is 0 Å². The lowest BCUT2D eigenvalue weighted by Crippen LogP contribution is -2.44. The summed E-state index contributed by atoms with van der Waals surface area (Å²) in [7, 11) is 0. The molecule has 1 aliphatic heterocycles. The third kappa shape index (κ3) is 3.48. The number of halogens is 1. The van der Waals surface area contributed by atoms with Crippen molar-refractivity contribution in [3.05, 3.63) is 34.3 Å². The molecule has 19 heavy (non-hydrogen) atoms. The third-order valence-electron chi connectivity index (χ3n) is 3.64. The number of nitrogens with zero attached hydrogens (tertiary/aromatic N) is 1. The number of hydrogen-bond donors (Lipinski definition) is 1. The van der Waals surface area contributed by atoms with Crippen LogP contribution in [0.3, 0.4) is 0 Å². The van der Waals surface area contributed by atoms with Crippen LogP contribution < -0.4 is 0 Å². The molecule has 0 radical (unpaired) electrons. The van der Waals surface area contributed by atoms with Gasteiger partial charge in [0.1, 0.15) is 0 Å². The predicted molar refractivity (Wildman–Crippen MR) is 76.6 cm³/mol. The maximum atomic E-state index is 12.6. The summed E-state index contributed by atoms with van der Waals surface area (Å²) in [5.41, 5.74) is 1.64. The molecule has 0 spiro atoms. The monoisotopic (exact) mass is 281 g/mol. The second-order valence-electron chi connectivity index (χ2n) is 5.18. The van der Waals surface area contributed by atoms with Gasteiger partial charge < -0.3 is 10.0 Å². The quantitative estimate of drug-likeness (QED) is 0.925. The number of piperidine rings is 1. The lowest BCUT2D eigenvalue weighted by atomic mass is 9.98. The molecule has 1 aliphatic rings. The highest BCUT2D eigenvalue weighted by molar-refractivity contribution is 6.31. The van der Waals surface area contributed by atoms with E-state index in [-0.39, 0.29) is 18.6 Å². The Morgan fingerprint density at radius 1 is 1.42 bits per heavy atom. The van der Waals surface area contributed by atoms with E-state index in [1.165, 1.54) is 0 Å². The summed E-state index contributed by atoms with van der Waals surface area (Å²) in [4.78, 5) is 14.5. The summed E-state index contributed by atoms with van der Waals surface area (Å²) in [6.07, 6.45) is 3.80. The van der Waals surface area contributed by atoms with Crippen molar-refractivity contribution in [3.8, 4) is 0 Å². The van der Waals surface area contributed by atoms with Gasteiger partial charge in [0.15, 0.2) is 0 Å². The van der Waals surface area contributed by atoms with Gasteiger partial charge in [-0.05, 0) is 56.4 Å². The van der Waals surface area contributed by atoms with Gasteiger partial charge in [0.25, 0.3) is 5.91 Å². The fourth-order valence-electron chi connectivity index (χ4n) is 2.74. The van der Waals surface area contributed by atoms with E-state index in [1.807, 2.05) is 24.0 Å². The summed E-state index contributed by atoms with van der Waals surface area (Å²) < 4.78 is 0. The molecule has 1 amide bonds. The van der Waals surface area contributed by atoms with Gasteiger partial charge in [0, 0.05) is 29.8 Å². The average molecular weight is 282 g/mol. The van der Waals surface area contributed by atoms with Gasteiger partial charge in [-0.2, -0.15) is 0 Å². The smallest absolute Gasteiger partial charge is 0.254 e. The molecular weight excluding hydrogens is 262 g/mol. The van der Waals surface area contributed by atoms with E-state index in [1.54, 1.807) is 6.07 Å². The van der Waals surface area contributed by atoms with Crippen LogP contribution in [-0.2, 0) is 0 Å². The first kappa shape index (κ1) is 14.4. The van der Waals surface area contributed by atoms with Crippen molar-refractivity contribution in [1.82, 2.24) is 4.90 Å². The fraction of sp³-hybridized carbons (Fsp3) is 0.533. The van der Waals surface area contributed by atoms with Gasteiger partial charge in [-0.3, -0.25) is 4.79 Å². The maximum Gasteiger partial charge on any atom is 0.254 e. The molecule has 1 atom stereocenters. The summed E-state index contributed by atoms with van der Waals surface area (Å²) in [6.45, 7) is 2.84. The summed E-state index contributed by atoms with van der Waals surface area (Å²) >= 11 is 6.02. The van der Waals surface area contributed by atoms with E-state index < -0.39 is 0 Å². The van der Waals surface area contributed by atoms with Crippen LogP contribution in [0, 0.1) is 6.92 Å². The summed E-state index contributed by atoms with van der Waals surface area (Å²) in [6, 6.07) is 5.60. The van der Waals surface area contributed by atoms with E-state index in [0.717, 1.165) is 31.4 Å². The Labute approximate surface area is 119 Å². The fourth-order valence-corrected chi connectivity index (χ4v) is 3.03. The summed E-state index contributed by atoms with van der Waals surface area (Å²) in [5.74, 6) is 0.0313. The molecule has 4 heteroatoms. The number of benzene rings is 1. The highest BCUT2D eigenvalue weighted by Gasteiger charge is 2.27. The molecule has 104 valence electrons. The normalized spacial score (nSPS) is 19.5. The first-order valence-electron chi connectivity index (χ1n) is 6.81. The van der Waals surface area contributed by atoms with Crippen LogP contribution in [0.2, 0.25) is 5.02 Å². The van der Waals surface area contributed by atoms with E-state index in [9.17, 15) is 4.79 Å². The molecule has 1 aromatic rings. The van der Waals surface area contributed by atoms with Crippen molar-refractivity contribution in [2.24, 2.45) is 0 Å². The van der Waals surface area contributed by atoms with Crippen LogP contribution in [0.25, 0.3) is 0 Å². The van der Waals surface area contributed by atoms with Crippen molar-refractivity contribution in [2.45, 2.75) is 38.6 Å². The Hall–Kier alpha value is -1.06. The van der Waals surface area contributed by atoms with Crippen LogP contribution in [0.4, 0.5) is 0 Å². The number of amides is 1. The molecule has 0 aliphatic carbocycles. The number of aliphatic hydroxyl groups is 1. The Kier molecular flexibility index (Phi) is 4.83. The van der Waals surface area contributed by atoms with E-state index in [0.29, 0.717) is 17.0 Å². The molecule has 0 bridgehead atoms. The highest BCUT2D eigenvalue weighted by Crippen LogP contribution is 2.23. The Morgan fingerprint density at radius 3 is 2.89 bits per heavy atom. The highest BCUT2D eigenvalue weighted by atomic mass is 35.5. The number of carbonyl (C=O) groups excluding carboxylic acids is 1. The zero-order valence-corrected chi connectivity index (χ0v) is 12.0. The molecule has 1 aromatic carbocycles. The molecule has 1 saturated heterocycles. The molecule has 3 nitrogen and oxygen atoms in total. The third-order valence-corrected chi connectivity index (χ3v) is 3.86. The minimum absolute atomic E-state index is 0.0313. The van der Waals surface area contributed by atoms with Crippen molar-refractivity contribution < 1.29 is 9.90 Å². The maximum absolute atomic E-state index is 12.6. The van der Waals surface area contributed by atoms with Crippen molar-refractivity contribution in [1.29, 1.82) is 0 Å². The van der Waals surface area contributed by atoms with Gasteiger partial charge in [0.05, 0.1) is 0 Å². The lowest BCUT2D eigenvalue weighted by Gasteiger charge is -2.35. The molecule has 1 N–H and O–H groups in total. The summed E-state index contributed by atoms with van der Waals surface area (Å²) in [5, 5.41) is 9.71. The van der Waals surface area contributed by atoms with Gasteiger partial charge in [-0.15, -0.1) is 0 Å². The Morgan fingerprint density at radius 2 is 2.21 bits per heavy atom. The van der Waals surface area contributed by atoms with Gasteiger partial charge in [-0.25, -0.2) is 0 Å². The van der Waals surface area contributed by atoms with Crippen molar-refractivity contribution >= 4 is 17.5 Å². The van der Waals surface area contributed by atoms with Crippen LogP contribution in [0.1, 0.15) is 41.6 Å². The van der Waals surface area contributed by atoms with E-state index >= 15 is 0 Å².